The molecule has 0 saturated carbocycles. The first-order valence-electron chi connectivity index (χ1n) is 6.68. The highest BCUT2D eigenvalue weighted by Gasteiger charge is 2.21. The zero-order valence-electron chi connectivity index (χ0n) is 11.4. The minimum atomic E-state index is 0.266. The van der Waals surface area contributed by atoms with Crippen molar-refractivity contribution in [2.24, 2.45) is 0 Å². The normalized spacial score (nSPS) is 17.4. The topological polar surface area (TPSA) is 41.6 Å². The van der Waals surface area contributed by atoms with Crippen molar-refractivity contribution in [3.8, 4) is 0 Å². The molecule has 17 heavy (non-hydrogen) atoms. The van der Waals surface area contributed by atoms with Crippen LogP contribution in [0.5, 0.6) is 0 Å². The lowest BCUT2D eigenvalue weighted by Gasteiger charge is -2.31. The number of amides is 1. The van der Waals surface area contributed by atoms with E-state index in [4.69, 9.17) is 4.74 Å². The summed E-state index contributed by atoms with van der Waals surface area (Å²) in [6.45, 7) is 6.74. The van der Waals surface area contributed by atoms with Crippen LogP contribution in [-0.4, -0.2) is 49.7 Å². The van der Waals surface area contributed by atoms with Gasteiger partial charge in [-0.3, -0.25) is 4.79 Å². The Balaban J connectivity index is 2.17. The molecule has 1 N–H and O–H groups in total. The summed E-state index contributed by atoms with van der Waals surface area (Å²) < 4.78 is 5.31. The summed E-state index contributed by atoms with van der Waals surface area (Å²) in [7, 11) is 1.92. The molecule has 0 atom stereocenters. The number of rotatable bonds is 6. The van der Waals surface area contributed by atoms with Gasteiger partial charge in [-0.25, -0.2) is 0 Å². The molecular weight excluding hydrogens is 216 g/mol. The number of carbonyl (C=O) groups excluding carboxylic acids is 1. The lowest BCUT2D eigenvalue weighted by atomic mass is 10.1. The maximum atomic E-state index is 11.9. The largest absolute Gasteiger partial charge is 0.381 e. The third-order valence-corrected chi connectivity index (χ3v) is 3.25. The van der Waals surface area contributed by atoms with Gasteiger partial charge in [-0.1, -0.05) is 13.8 Å². The van der Waals surface area contributed by atoms with Gasteiger partial charge in [-0.2, -0.15) is 0 Å². The summed E-state index contributed by atoms with van der Waals surface area (Å²) in [5, 5.41) is 3.33. The quantitative estimate of drug-likeness (QED) is 0.716. The Morgan fingerprint density at radius 3 is 2.65 bits per heavy atom. The number of ether oxygens (including phenoxy) is 1. The van der Waals surface area contributed by atoms with Gasteiger partial charge in [0.25, 0.3) is 0 Å². The van der Waals surface area contributed by atoms with E-state index in [9.17, 15) is 4.79 Å². The maximum absolute atomic E-state index is 11.9. The van der Waals surface area contributed by atoms with E-state index in [1.807, 2.05) is 11.9 Å². The van der Waals surface area contributed by atoms with Crippen molar-refractivity contribution in [1.29, 1.82) is 0 Å². The van der Waals surface area contributed by atoms with Crippen molar-refractivity contribution < 1.29 is 9.53 Å². The van der Waals surface area contributed by atoms with Gasteiger partial charge in [-0.15, -0.1) is 0 Å². The Morgan fingerprint density at radius 1 is 1.41 bits per heavy atom. The van der Waals surface area contributed by atoms with Crippen LogP contribution in [0.1, 0.15) is 39.5 Å². The first-order chi connectivity index (χ1) is 8.11. The van der Waals surface area contributed by atoms with E-state index in [2.05, 4.69) is 19.2 Å². The summed E-state index contributed by atoms with van der Waals surface area (Å²) in [5.74, 6) is 0.266. The summed E-state index contributed by atoms with van der Waals surface area (Å²) in [6, 6.07) is 0.882. The SMILES string of the molecule is CC(C)NCCCC(=O)N(C)C1CCOCC1. The molecule has 1 fully saturated rings. The number of carbonyl (C=O) groups is 1. The van der Waals surface area contributed by atoms with E-state index in [1.54, 1.807) is 0 Å². The van der Waals surface area contributed by atoms with Crippen molar-refractivity contribution in [3.05, 3.63) is 0 Å². The monoisotopic (exact) mass is 242 g/mol. The first kappa shape index (κ1) is 14.5. The van der Waals surface area contributed by atoms with Crippen molar-refractivity contribution in [3.63, 3.8) is 0 Å². The second-order valence-electron chi connectivity index (χ2n) is 5.06. The standard InChI is InChI=1S/C13H26N2O2/c1-11(2)14-8-4-5-13(16)15(3)12-6-9-17-10-7-12/h11-12,14H,4-10H2,1-3H3. The Labute approximate surface area is 105 Å². The highest BCUT2D eigenvalue weighted by molar-refractivity contribution is 5.76. The van der Waals surface area contributed by atoms with Crippen LogP contribution in [0.4, 0.5) is 0 Å². The Hall–Kier alpha value is -0.610. The smallest absolute Gasteiger partial charge is 0.222 e. The molecule has 4 nitrogen and oxygen atoms in total. The van der Waals surface area contributed by atoms with Crippen molar-refractivity contribution in [2.45, 2.75) is 51.6 Å². The predicted octanol–water partition coefficient (Wildman–Crippen LogP) is 1.40. The molecule has 0 aromatic rings. The Bertz CT molecular complexity index is 225. The van der Waals surface area contributed by atoms with Crippen LogP contribution < -0.4 is 5.32 Å². The Morgan fingerprint density at radius 2 is 2.06 bits per heavy atom. The van der Waals surface area contributed by atoms with Crippen molar-refractivity contribution in [1.82, 2.24) is 10.2 Å². The molecule has 0 spiro atoms. The molecule has 1 heterocycles. The first-order valence-corrected chi connectivity index (χ1v) is 6.68. The minimum Gasteiger partial charge on any atom is -0.381 e. The predicted molar refractivity (Wildman–Crippen MR) is 69.0 cm³/mol. The van der Waals surface area contributed by atoms with Gasteiger partial charge in [-0.05, 0) is 25.8 Å². The average Bonchev–Trinajstić information content (AvgIpc) is 2.34. The highest BCUT2D eigenvalue weighted by atomic mass is 16.5. The molecule has 0 bridgehead atoms. The van der Waals surface area contributed by atoms with E-state index in [-0.39, 0.29) is 5.91 Å². The van der Waals surface area contributed by atoms with Gasteiger partial charge in [0.2, 0.25) is 5.91 Å². The number of nitrogens with one attached hydrogen (secondary N) is 1. The van der Waals surface area contributed by atoms with E-state index < -0.39 is 0 Å². The number of hydrogen-bond acceptors (Lipinski definition) is 3. The molecule has 1 amide bonds. The van der Waals surface area contributed by atoms with Crippen LogP contribution in [0.25, 0.3) is 0 Å². The van der Waals surface area contributed by atoms with Gasteiger partial charge in [0, 0.05) is 38.8 Å². The average molecular weight is 242 g/mol. The molecule has 0 radical (unpaired) electrons. The molecule has 1 aliphatic rings. The second kappa shape index (κ2) is 7.67. The maximum Gasteiger partial charge on any atom is 0.222 e. The summed E-state index contributed by atoms with van der Waals surface area (Å²) in [6.07, 6.45) is 3.52. The molecule has 100 valence electrons. The molecule has 1 rings (SSSR count). The minimum absolute atomic E-state index is 0.266. The van der Waals surface area contributed by atoms with Crippen molar-refractivity contribution in [2.75, 3.05) is 26.8 Å². The lowest BCUT2D eigenvalue weighted by molar-refractivity contribution is -0.133. The van der Waals surface area contributed by atoms with E-state index in [0.29, 0.717) is 18.5 Å². The second-order valence-corrected chi connectivity index (χ2v) is 5.06. The van der Waals surface area contributed by atoms with E-state index in [1.165, 1.54) is 0 Å². The number of hydrogen-bond donors (Lipinski definition) is 1. The molecule has 1 saturated heterocycles. The lowest BCUT2D eigenvalue weighted by Crippen LogP contribution is -2.40. The molecule has 4 heteroatoms. The fourth-order valence-corrected chi connectivity index (χ4v) is 2.08. The molecular formula is C13H26N2O2. The molecule has 0 aromatic heterocycles. The van der Waals surface area contributed by atoms with E-state index in [0.717, 1.165) is 39.0 Å². The fourth-order valence-electron chi connectivity index (χ4n) is 2.08. The molecule has 0 aromatic carbocycles. The van der Waals surface area contributed by atoms with Gasteiger partial charge in [0.1, 0.15) is 0 Å². The van der Waals surface area contributed by atoms with Crippen LogP contribution in [0.15, 0.2) is 0 Å². The fraction of sp³-hybridized carbons (Fsp3) is 0.923. The van der Waals surface area contributed by atoms with Crippen LogP contribution in [-0.2, 0) is 9.53 Å². The molecule has 0 unspecified atom stereocenters. The van der Waals surface area contributed by atoms with Gasteiger partial charge in [0.15, 0.2) is 0 Å². The van der Waals surface area contributed by atoms with Crippen LogP contribution >= 0.6 is 0 Å². The van der Waals surface area contributed by atoms with Crippen LogP contribution in [0.3, 0.4) is 0 Å². The highest BCUT2D eigenvalue weighted by Crippen LogP contribution is 2.13. The zero-order valence-corrected chi connectivity index (χ0v) is 11.4. The summed E-state index contributed by atoms with van der Waals surface area (Å²) in [4.78, 5) is 13.9. The van der Waals surface area contributed by atoms with Gasteiger partial charge >= 0.3 is 0 Å². The third kappa shape index (κ3) is 5.50. The molecule has 0 aliphatic carbocycles. The summed E-state index contributed by atoms with van der Waals surface area (Å²) >= 11 is 0. The van der Waals surface area contributed by atoms with Crippen LogP contribution in [0.2, 0.25) is 0 Å². The van der Waals surface area contributed by atoms with Gasteiger partial charge < -0.3 is 15.0 Å². The van der Waals surface area contributed by atoms with Crippen LogP contribution in [0, 0.1) is 0 Å². The number of nitrogens with zero attached hydrogens (tertiary/aromatic N) is 1. The van der Waals surface area contributed by atoms with E-state index >= 15 is 0 Å². The summed E-state index contributed by atoms with van der Waals surface area (Å²) in [5.41, 5.74) is 0. The third-order valence-electron chi connectivity index (χ3n) is 3.25. The van der Waals surface area contributed by atoms with Crippen molar-refractivity contribution >= 4 is 5.91 Å². The zero-order chi connectivity index (χ0) is 12.7. The Kier molecular flexibility index (Phi) is 6.52. The molecule has 1 aliphatic heterocycles. The van der Waals surface area contributed by atoms with Gasteiger partial charge in [0.05, 0.1) is 0 Å².